The van der Waals surface area contributed by atoms with E-state index in [1.54, 1.807) is 6.92 Å². The molecule has 0 aromatic heterocycles. The Morgan fingerprint density at radius 1 is 1.23 bits per heavy atom. The number of benzene rings is 1. The van der Waals surface area contributed by atoms with Crippen LogP contribution >= 0.6 is 0 Å². The molecule has 0 bridgehead atoms. The van der Waals surface area contributed by atoms with Crippen molar-refractivity contribution in [3.63, 3.8) is 0 Å². The highest BCUT2D eigenvalue weighted by atomic mass is 19.1. The number of halogens is 1. The summed E-state index contributed by atoms with van der Waals surface area (Å²) < 4.78 is 12.0. The van der Waals surface area contributed by atoms with Crippen molar-refractivity contribution in [3.05, 3.63) is 35.4 Å². The molecule has 1 aromatic rings. The quantitative estimate of drug-likeness (QED) is 0.719. The lowest BCUT2D eigenvalue weighted by Gasteiger charge is -2.17. The maximum atomic E-state index is 12.0. The smallest absolute Gasteiger partial charge is 0.315 e. The second kappa shape index (κ2) is 9.02. The van der Waals surface area contributed by atoms with Crippen LogP contribution in [0.5, 0.6) is 0 Å². The van der Waals surface area contributed by atoms with Gasteiger partial charge in [-0.25, -0.2) is 9.18 Å². The van der Waals surface area contributed by atoms with Crippen LogP contribution in [-0.2, 0) is 4.79 Å². The molecule has 0 radical (unpaired) electrons. The molecule has 3 N–H and O–H groups in total. The molecule has 122 valence electrons. The molecule has 1 aromatic carbocycles. The number of nitrogens with one attached hydrogen (secondary N) is 3. The van der Waals surface area contributed by atoms with Crippen LogP contribution in [-0.4, -0.2) is 37.7 Å². The molecule has 2 atom stereocenters. The van der Waals surface area contributed by atoms with Crippen molar-refractivity contribution < 1.29 is 14.0 Å². The summed E-state index contributed by atoms with van der Waals surface area (Å²) in [6.07, 6.45) is 0. The van der Waals surface area contributed by atoms with E-state index in [-0.39, 0.29) is 12.5 Å². The predicted molar refractivity (Wildman–Crippen MR) is 84.6 cm³/mol. The number of rotatable bonds is 7. The van der Waals surface area contributed by atoms with Gasteiger partial charge in [0, 0.05) is 13.1 Å². The third-order valence-corrected chi connectivity index (χ3v) is 3.31. The zero-order valence-corrected chi connectivity index (χ0v) is 13.3. The van der Waals surface area contributed by atoms with Crippen LogP contribution in [0.2, 0.25) is 0 Å². The van der Waals surface area contributed by atoms with Gasteiger partial charge in [-0.3, -0.25) is 4.79 Å². The van der Waals surface area contributed by atoms with Gasteiger partial charge in [0.05, 0.1) is 0 Å². The van der Waals surface area contributed by atoms with Crippen LogP contribution in [0.3, 0.4) is 0 Å². The summed E-state index contributed by atoms with van der Waals surface area (Å²) in [6, 6.07) is 6.98. The van der Waals surface area contributed by atoms with Crippen LogP contribution in [0.25, 0.3) is 0 Å². The van der Waals surface area contributed by atoms with Crippen molar-refractivity contribution in [1.82, 2.24) is 16.0 Å². The Bertz CT molecular complexity index is 508. The van der Waals surface area contributed by atoms with Gasteiger partial charge in [0.1, 0.15) is 12.7 Å². The molecule has 0 spiro atoms. The lowest BCUT2D eigenvalue weighted by molar-refractivity contribution is -0.122. The maximum absolute atomic E-state index is 12.0. The van der Waals surface area contributed by atoms with Gasteiger partial charge in [-0.2, -0.15) is 0 Å². The van der Waals surface area contributed by atoms with E-state index in [1.807, 2.05) is 32.0 Å². The molecule has 22 heavy (non-hydrogen) atoms. The normalized spacial score (nSPS) is 13.1. The van der Waals surface area contributed by atoms with E-state index in [1.165, 1.54) is 5.56 Å². The second-order valence-corrected chi connectivity index (χ2v) is 5.37. The average molecular weight is 309 g/mol. The van der Waals surface area contributed by atoms with Gasteiger partial charge in [0.2, 0.25) is 5.91 Å². The molecule has 0 aliphatic carbocycles. The molecule has 0 aliphatic heterocycles. The van der Waals surface area contributed by atoms with Crippen LogP contribution in [0.1, 0.15) is 30.9 Å². The summed E-state index contributed by atoms with van der Waals surface area (Å²) in [5.41, 5.74) is 2.32. The number of urea groups is 1. The second-order valence-electron chi connectivity index (χ2n) is 5.37. The number of alkyl halides is 1. The molecule has 5 nitrogen and oxygen atoms in total. The van der Waals surface area contributed by atoms with Gasteiger partial charge < -0.3 is 16.0 Å². The Hall–Kier alpha value is -2.11. The first-order valence-corrected chi connectivity index (χ1v) is 7.38. The van der Waals surface area contributed by atoms with Crippen LogP contribution in [0.4, 0.5) is 9.18 Å². The Morgan fingerprint density at radius 3 is 2.59 bits per heavy atom. The minimum absolute atomic E-state index is 0.0448. The summed E-state index contributed by atoms with van der Waals surface area (Å²) in [5.74, 6) is -0.235. The molecule has 0 heterocycles. The monoisotopic (exact) mass is 309 g/mol. The van der Waals surface area contributed by atoms with Gasteiger partial charge >= 0.3 is 6.03 Å². The van der Waals surface area contributed by atoms with Crippen molar-refractivity contribution in [2.24, 2.45) is 0 Å². The number of carbonyl (C=O) groups is 2. The van der Waals surface area contributed by atoms with E-state index >= 15 is 0 Å². The molecule has 0 unspecified atom stereocenters. The van der Waals surface area contributed by atoms with E-state index in [4.69, 9.17) is 0 Å². The highest BCUT2D eigenvalue weighted by molar-refractivity contribution is 5.86. The van der Waals surface area contributed by atoms with Gasteiger partial charge in [-0.05, 0) is 25.3 Å². The van der Waals surface area contributed by atoms with E-state index in [0.29, 0.717) is 6.54 Å². The SMILES string of the molecule is Cc1cccc([C@@H](C)CNC(=O)N[C@H](C)C(=O)NCCF)c1. The molecule has 0 saturated heterocycles. The number of hydrogen-bond acceptors (Lipinski definition) is 2. The first kappa shape index (κ1) is 17.9. The average Bonchev–Trinajstić information content (AvgIpc) is 2.50. The van der Waals surface area contributed by atoms with Crippen molar-refractivity contribution >= 4 is 11.9 Å². The Kier molecular flexibility index (Phi) is 7.36. The molecule has 0 saturated carbocycles. The number of carbonyl (C=O) groups excluding carboxylic acids is 2. The van der Waals surface area contributed by atoms with Crippen LogP contribution < -0.4 is 16.0 Å². The fraction of sp³-hybridized carbons (Fsp3) is 0.500. The zero-order chi connectivity index (χ0) is 16.5. The Morgan fingerprint density at radius 2 is 1.95 bits per heavy atom. The standard InChI is InChI=1S/C16H24FN3O2/c1-11-5-4-6-14(9-11)12(2)10-19-16(22)20-13(3)15(21)18-8-7-17/h4-6,9,12-13H,7-8,10H2,1-3H3,(H,18,21)(H2,19,20,22)/t12-,13+/m0/s1. The number of hydrogen-bond donors (Lipinski definition) is 3. The van der Waals surface area contributed by atoms with Crippen molar-refractivity contribution in [2.75, 3.05) is 19.8 Å². The van der Waals surface area contributed by atoms with Crippen LogP contribution in [0, 0.1) is 6.92 Å². The van der Waals surface area contributed by atoms with Crippen LogP contribution in [0.15, 0.2) is 24.3 Å². The van der Waals surface area contributed by atoms with Gasteiger partial charge in [-0.1, -0.05) is 36.8 Å². The minimum Gasteiger partial charge on any atom is -0.352 e. The Balaban J connectivity index is 2.37. The van der Waals surface area contributed by atoms with E-state index in [2.05, 4.69) is 22.0 Å². The molecule has 3 amide bonds. The third kappa shape index (κ3) is 6.11. The van der Waals surface area contributed by atoms with E-state index < -0.39 is 24.7 Å². The van der Waals surface area contributed by atoms with E-state index in [9.17, 15) is 14.0 Å². The molecule has 1 rings (SSSR count). The fourth-order valence-electron chi connectivity index (χ4n) is 1.98. The van der Waals surface area contributed by atoms with Gasteiger partial charge in [0.15, 0.2) is 0 Å². The molecule has 0 aliphatic rings. The first-order valence-electron chi connectivity index (χ1n) is 7.38. The van der Waals surface area contributed by atoms with Gasteiger partial charge in [-0.15, -0.1) is 0 Å². The molecular weight excluding hydrogens is 285 g/mol. The van der Waals surface area contributed by atoms with Crippen molar-refractivity contribution in [2.45, 2.75) is 32.7 Å². The summed E-state index contributed by atoms with van der Waals surface area (Å²) in [4.78, 5) is 23.3. The highest BCUT2D eigenvalue weighted by Crippen LogP contribution is 2.15. The minimum atomic E-state index is -0.708. The van der Waals surface area contributed by atoms with Gasteiger partial charge in [0.25, 0.3) is 0 Å². The molecular formula is C16H24FN3O2. The number of aryl methyl sites for hydroxylation is 1. The van der Waals surface area contributed by atoms with Crippen molar-refractivity contribution in [1.29, 1.82) is 0 Å². The summed E-state index contributed by atoms with van der Waals surface area (Å²) in [7, 11) is 0. The lowest BCUT2D eigenvalue weighted by atomic mass is 9.99. The van der Waals surface area contributed by atoms with E-state index in [0.717, 1.165) is 5.56 Å². The summed E-state index contributed by atoms with van der Waals surface area (Å²) in [6.45, 7) is 5.39. The number of amides is 3. The molecule has 0 fully saturated rings. The topological polar surface area (TPSA) is 70.2 Å². The highest BCUT2D eigenvalue weighted by Gasteiger charge is 2.15. The first-order chi connectivity index (χ1) is 10.4. The summed E-state index contributed by atoms with van der Waals surface area (Å²) >= 11 is 0. The third-order valence-electron chi connectivity index (χ3n) is 3.31. The van der Waals surface area contributed by atoms with Crippen molar-refractivity contribution in [3.8, 4) is 0 Å². The zero-order valence-electron chi connectivity index (χ0n) is 13.3. The summed E-state index contributed by atoms with van der Waals surface area (Å²) in [5, 5.41) is 7.64. The molecule has 6 heteroatoms. The maximum Gasteiger partial charge on any atom is 0.315 e. The largest absolute Gasteiger partial charge is 0.352 e. The fourth-order valence-corrected chi connectivity index (χ4v) is 1.98. The Labute approximate surface area is 130 Å². The lowest BCUT2D eigenvalue weighted by Crippen LogP contribution is -2.49. The predicted octanol–water partition coefficient (Wildman–Crippen LogP) is 1.87.